The number of anilines is 4. The average molecular weight is 1940 g/mol. The number of aromatic nitrogens is 16. The van der Waals surface area contributed by atoms with Crippen molar-refractivity contribution in [2.45, 2.75) is 137 Å². The predicted octanol–water partition coefficient (Wildman–Crippen LogP) is -4.21. The normalized spacial score (nSPS) is 21.1. The third kappa shape index (κ3) is 26.1. The molecule has 0 unspecified atom stereocenters. The summed E-state index contributed by atoms with van der Waals surface area (Å²) >= 11 is 15.5. The van der Waals surface area contributed by atoms with Crippen LogP contribution < -0.4 is 85.9 Å². The van der Waals surface area contributed by atoms with E-state index >= 15 is 0 Å². The maximum absolute atomic E-state index is 12.7. The van der Waals surface area contributed by atoms with Crippen LogP contribution in [0.4, 0.5) is 23.3 Å². The van der Waals surface area contributed by atoms with Gasteiger partial charge in [-0.05, 0) is 80.2 Å². The Hall–Kier alpha value is -4.92. The zero-order valence-electron chi connectivity index (χ0n) is 58.0. The second kappa shape index (κ2) is 42.1. The van der Waals surface area contributed by atoms with Gasteiger partial charge >= 0.3 is 76.0 Å². The number of carboxylic acids is 1. The van der Waals surface area contributed by atoms with Gasteiger partial charge in [-0.2, -0.15) is 39.9 Å². The summed E-state index contributed by atoms with van der Waals surface area (Å²) in [5, 5.41) is 48.8. The van der Waals surface area contributed by atoms with Gasteiger partial charge in [-0.15, -0.1) is 0 Å². The Labute approximate surface area is 663 Å². The first kappa shape index (κ1) is 92.7. The van der Waals surface area contributed by atoms with Gasteiger partial charge in [0.05, 0.1) is 70.5 Å². The number of ether oxygens (including phenoxy) is 5. The number of hydrogen-bond acceptors (Lipinski definition) is 38. The Kier molecular flexibility index (Phi) is 36.5. The van der Waals surface area contributed by atoms with Gasteiger partial charge in [0, 0.05) is 37.0 Å². The fraction of sp³-hybridized carbons (Fsp3) is 0.556. The number of halogens is 5. The van der Waals surface area contributed by atoms with Crippen molar-refractivity contribution in [3.8, 4) is 0 Å². The number of aliphatic carboxylic acids is 1. The van der Waals surface area contributed by atoms with E-state index in [-0.39, 0.29) is 138 Å². The van der Waals surface area contributed by atoms with Gasteiger partial charge in [-0.25, -0.2) is 24.7 Å². The van der Waals surface area contributed by atoms with E-state index in [0.29, 0.717) is 57.5 Å². The molecule has 3 fully saturated rings. The number of carbonyl (C=O) groups excluding carboxylic acids is 1. The quantitative estimate of drug-likeness (QED) is 0.0160. The molecule has 0 saturated carbocycles. The average Bonchev–Trinajstić information content (AvgIpc) is 1.65. The van der Waals surface area contributed by atoms with E-state index in [1.165, 1.54) is 17.2 Å². The molecule has 12 N–H and O–H groups in total. The molecule has 8 aromatic rings. The zero-order valence-corrected chi connectivity index (χ0v) is 69.2. The van der Waals surface area contributed by atoms with Crippen LogP contribution in [0, 0.1) is 11.3 Å². The number of aliphatic hydroxyl groups excluding tert-OH is 4. The second-order valence-corrected chi connectivity index (χ2v) is 30.8. The zero-order chi connectivity index (χ0) is 78.8. The molecule has 0 radical (unpaired) electrons. The molecule has 0 bridgehead atoms. The van der Waals surface area contributed by atoms with E-state index in [2.05, 4.69) is 65.1 Å². The van der Waals surface area contributed by atoms with E-state index in [1.54, 1.807) is 81.1 Å². The fourth-order valence-corrected chi connectivity index (χ4v) is 12.9. The van der Waals surface area contributed by atoms with Crippen molar-refractivity contribution in [2.24, 2.45) is 11.3 Å². The number of carbonyl (C=O) groups is 2. The standard InChI is InChI=1S/C20H31ClN5O6P.C10H10ClN5O4.C10H12ClN5O3.C9H8ClN5O.C5H13O4P.IO4.Na.2O.Pt/c1-7-30-33(28,31-8-2)11-29-17-12(3)9-13(32-17)26-10-22-14-15(23-18(27)20(4,5)6)24-19(21)25-16(14)26;11-10-14-7(12)5-8(15-10)16(2-13-5)4-1-3(17)6(20-4)9(18)19;11-10-14-8(12)7-9(15-10)16(3-13-7)6-1-4(18)5(2-17)19-6;10-9-13-7(11)6-8(14-9)15(4-12-6)5-2-1-3-16-5;1-3-8-10(7,5-6)9-4-2;2-1(3,4)5;;;;/h10,12-13,17H,7-9,11H2,1-6H3,(H,23,24,25,27);2-4,6,17H,1H2,(H,18,19)(H2,12,14,15);3-6,17-18H,1-2H2,(H2,12,14,15);1,3-5H,2H2,(H2,11,13,14);6H,3-5H2,1-2H3;;;;;/q;;;;;-1;+1;;;/t12-,13+,17-;3-,4+,6-;4-,5+,6+;5-;;;;;;/m0001....../s1. The molecule has 590 valence electrons. The van der Waals surface area contributed by atoms with Crippen molar-refractivity contribution in [2.75, 3.05) is 68.2 Å². The molecule has 1 amide bonds. The second-order valence-electron chi connectivity index (χ2n) is 22.9. The SMILES string of the molecule is CCOP(=O)(CO)OCC.CCOP(=O)(CO[C@H]1O[C@@H](n2cnc3c(NC(=O)C(C)(C)C)nc(Cl)nc32)C[C@@H]1C)OCC.Nc1nc(Cl)nc2c1ncn2[C@H]1CC=CO1.Nc1nc(Cl)nc2c1ncn2[C@H]1C[C@H](O)[C@@H](C(=O)O)O1.Nc1nc(Cl)nc2c1ncn2[C@H]1C[C@H](O)[C@@H](CO)O1.[Na+].[O-][I+3]([O-])([O-])[O-].[O]=[Pt]=[O]. The summed E-state index contributed by atoms with van der Waals surface area (Å²) in [5.41, 5.74) is 19.9. The number of fused-ring (bicyclic) bond motifs is 4. The summed E-state index contributed by atoms with van der Waals surface area (Å²) < 4.78 is 130. The van der Waals surface area contributed by atoms with Crippen LogP contribution in [0.5, 0.6) is 0 Å². The molecule has 12 heterocycles. The number of rotatable bonds is 19. The van der Waals surface area contributed by atoms with Crippen molar-refractivity contribution in [1.82, 2.24) is 78.1 Å². The fourth-order valence-electron chi connectivity index (χ4n) is 9.84. The van der Waals surface area contributed by atoms with Crippen LogP contribution in [0.25, 0.3) is 44.7 Å². The van der Waals surface area contributed by atoms with E-state index < -0.39 is 121 Å². The summed E-state index contributed by atoms with van der Waals surface area (Å²) in [6, 6.07) is 0. The molecule has 44 nitrogen and oxygen atoms in total. The molecule has 10 atom stereocenters. The number of amides is 1. The van der Waals surface area contributed by atoms with Crippen LogP contribution in [-0.2, 0) is 85.8 Å². The molecule has 4 aliphatic heterocycles. The van der Waals surface area contributed by atoms with Crippen LogP contribution in [0.1, 0.15) is 106 Å². The van der Waals surface area contributed by atoms with Crippen LogP contribution in [-0.4, -0.2) is 192 Å². The molecule has 3 saturated heterocycles. The number of carboxylic acid groups (broad SMARTS) is 1. The third-order valence-corrected chi connectivity index (χ3v) is 18.5. The number of nitrogens with two attached hydrogens (primary N) is 3. The van der Waals surface area contributed by atoms with Crippen LogP contribution in [0.2, 0.25) is 21.1 Å². The summed E-state index contributed by atoms with van der Waals surface area (Å²) in [7, 11) is -6.50. The number of nitrogens with zero attached hydrogens (tertiary/aromatic N) is 16. The number of nitrogen functional groups attached to an aromatic ring is 3. The summed E-state index contributed by atoms with van der Waals surface area (Å²) in [6.45, 7) is 15.1. The van der Waals surface area contributed by atoms with Crippen molar-refractivity contribution in [3.63, 3.8) is 0 Å². The van der Waals surface area contributed by atoms with E-state index in [1.807, 2.05) is 13.0 Å². The molecule has 8 aromatic heterocycles. The maximum atomic E-state index is 12.7. The predicted molar refractivity (Wildman–Crippen MR) is 354 cm³/mol. The van der Waals surface area contributed by atoms with Crippen LogP contribution in [0.15, 0.2) is 37.6 Å². The number of hydrogen-bond donors (Lipinski definition) is 9. The van der Waals surface area contributed by atoms with Crippen molar-refractivity contribution in [3.05, 3.63) is 58.8 Å². The van der Waals surface area contributed by atoms with Gasteiger partial charge in [-0.3, -0.25) is 45.9 Å². The van der Waals surface area contributed by atoms with Crippen molar-refractivity contribution < 1.29 is 175 Å². The Balaban J connectivity index is 0.000000243. The monoisotopic (exact) mass is 1930 g/mol. The van der Waals surface area contributed by atoms with Crippen molar-refractivity contribution in [1.29, 1.82) is 0 Å². The Morgan fingerprint density at radius 3 is 1.39 bits per heavy atom. The van der Waals surface area contributed by atoms with Gasteiger partial charge in [-0.1, -0.05) is 27.7 Å². The van der Waals surface area contributed by atoms with Gasteiger partial charge < -0.3 is 89.8 Å². The third-order valence-electron chi connectivity index (χ3n) is 14.4. The van der Waals surface area contributed by atoms with Crippen LogP contribution in [0.3, 0.4) is 0 Å². The van der Waals surface area contributed by atoms with E-state index in [0.717, 1.165) is 6.42 Å². The molecule has 0 spiro atoms. The van der Waals surface area contributed by atoms with Gasteiger partial charge in [0.2, 0.25) is 27.0 Å². The van der Waals surface area contributed by atoms with Crippen molar-refractivity contribution >= 4 is 141 Å². The Morgan fingerprint density at radius 1 is 0.636 bits per heavy atom. The summed E-state index contributed by atoms with van der Waals surface area (Å²) in [6.07, 6.45) is 4.59. The number of imidazole rings is 4. The minimum absolute atomic E-state index is 0. The topological polar surface area (TPSA) is 643 Å². The molecule has 0 aromatic carbocycles. The van der Waals surface area contributed by atoms with E-state index in [4.69, 9.17) is 141 Å². The van der Waals surface area contributed by atoms with Gasteiger partial charge in [0.15, 0.2) is 76.3 Å². The molecule has 107 heavy (non-hydrogen) atoms. The number of aliphatic hydroxyl groups is 4. The first-order chi connectivity index (χ1) is 49.9. The molecule has 4 aliphatic rings. The summed E-state index contributed by atoms with van der Waals surface area (Å²) in [5.74, 6) is -0.645. The molecule has 12 rings (SSSR count). The molecule has 0 aliphatic carbocycles. The van der Waals surface area contributed by atoms with Gasteiger partial charge in [0.1, 0.15) is 74.1 Å². The Bertz CT molecular complexity index is 4420. The van der Waals surface area contributed by atoms with Gasteiger partial charge in [0.25, 0.3) is 0 Å². The Morgan fingerprint density at radius 2 is 1.02 bits per heavy atom. The first-order valence-corrected chi connectivity index (χ1v) is 41.3. The number of nitrogens with one attached hydrogen (secondary N) is 1. The van der Waals surface area contributed by atoms with Crippen LogP contribution >= 0.6 is 61.6 Å². The summed E-state index contributed by atoms with van der Waals surface area (Å²) in [4.78, 5) is 72.1. The minimum atomic E-state index is -5.94. The van der Waals surface area contributed by atoms with E-state index in [9.17, 15) is 28.9 Å². The molecular formula is C54H74Cl4IN20NaO24P2Pt. The molecule has 53 heteroatoms. The molecular weight excluding hydrogens is 1860 g/mol. The first-order valence-electron chi connectivity index (χ1n) is 31.0.